The Balaban J connectivity index is 2.02. The van der Waals surface area contributed by atoms with Gasteiger partial charge in [-0.3, -0.25) is 14.0 Å². The fraction of sp³-hybridized carbons (Fsp3) is 0.105. The quantitative estimate of drug-likeness (QED) is 0.528. The summed E-state index contributed by atoms with van der Waals surface area (Å²) < 4.78 is 1.30. The zero-order valence-corrected chi connectivity index (χ0v) is 15.5. The predicted molar refractivity (Wildman–Crippen MR) is 103 cm³/mol. The summed E-state index contributed by atoms with van der Waals surface area (Å²) in [5, 5.41) is 10.7. The van der Waals surface area contributed by atoms with Crippen LogP contribution < -0.4 is 5.56 Å². The number of thiophene rings is 1. The van der Waals surface area contributed by atoms with Crippen LogP contribution in [0.25, 0.3) is 15.9 Å². The first-order valence-electron chi connectivity index (χ1n) is 7.83. The van der Waals surface area contributed by atoms with Gasteiger partial charge in [-0.2, -0.15) is 0 Å². The van der Waals surface area contributed by atoms with Crippen LogP contribution in [-0.2, 0) is 0 Å². The standard InChI is InChI=1S/C19H13ClN2O3S/c1-9-10(2)26-18-15(9)19(25)22-8-11(7-13(20)17(22)21-18)16(24)12-5-3-4-6-14(12)23/h3-8,23H,1-2H3. The van der Waals surface area contributed by atoms with E-state index in [-0.39, 0.29) is 27.5 Å². The second-order valence-electron chi connectivity index (χ2n) is 6.00. The number of aromatic hydroxyl groups is 1. The van der Waals surface area contributed by atoms with Gasteiger partial charge in [0.15, 0.2) is 11.4 Å². The molecule has 5 nitrogen and oxygen atoms in total. The highest BCUT2D eigenvalue weighted by molar-refractivity contribution is 7.18. The Morgan fingerprint density at radius 1 is 1.27 bits per heavy atom. The smallest absolute Gasteiger partial charge is 0.266 e. The Morgan fingerprint density at radius 2 is 2.00 bits per heavy atom. The molecule has 0 aliphatic heterocycles. The van der Waals surface area contributed by atoms with E-state index in [4.69, 9.17) is 11.6 Å². The van der Waals surface area contributed by atoms with E-state index in [1.54, 1.807) is 12.1 Å². The van der Waals surface area contributed by atoms with Crippen LogP contribution in [0.5, 0.6) is 5.75 Å². The van der Waals surface area contributed by atoms with E-state index in [1.807, 2.05) is 13.8 Å². The first-order chi connectivity index (χ1) is 12.4. The van der Waals surface area contributed by atoms with Crippen LogP contribution in [0.3, 0.4) is 0 Å². The maximum Gasteiger partial charge on any atom is 0.266 e. The molecule has 0 bridgehead atoms. The molecule has 0 aliphatic carbocycles. The van der Waals surface area contributed by atoms with Crippen LogP contribution in [0.1, 0.15) is 26.4 Å². The summed E-state index contributed by atoms with van der Waals surface area (Å²) in [5.74, 6) is -0.545. The van der Waals surface area contributed by atoms with Crippen molar-refractivity contribution in [1.29, 1.82) is 0 Å². The number of hydrogen-bond acceptors (Lipinski definition) is 5. The van der Waals surface area contributed by atoms with Crippen molar-refractivity contribution >= 4 is 44.6 Å². The molecule has 0 amide bonds. The van der Waals surface area contributed by atoms with Gasteiger partial charge in [0.05, 0.1) is 16.0 Å². The molecule has 0 saturated heterocycles. The molecule has 0 radical (unpaired) electrons. The number of fused-ring (bicyclic) bond motifs is 2. The normalized spacial score (nSPS) is 11.3. The molecule has 0 saturated carbocycles. The maximum atomic E-state index is 13.0. The first kappa shape index (κ1) is 16.8. The summed E-state index contributed by atoms with van der Waals surface area (Å²) in [6, 6.07) is 7.71. The molecule has 4 rings (SSSR count). The minimum atomic E-state index is -0.419. The Kier molecular flexibility index (Phi) is 3.82. The van der Waals surface area contributed by atoms with Gasteiger partial charge in [-0.15, -0.1) is 11.3 Å². The minimum absolute atomic E-state index is 0.126. The summed E-state index contributed by atoms with van der Waals surface area (Å²) in [6.45, 7) is 3.81. The predicted octanol–water partition coefficient (Wildman–Crippen LogP) is 4.12. The Morgan fingerprint density at radius 3 is 2.73 bits per heavy atom. The summed E-state index contributed by atoms with van der Waals surface area (Å²) >= 11 is 7.76. The van der Waals surface area contributed by atoms with Crippen molar-refractivity contribution in [2.75, 3.05) is 0 Å². The van der Waals surface area contributed by atoms with Crippen molar-refractivity contribution in [2.45, 2.75) is 13.8 Å². The van der Waals surface area contributed by atoms with Gasteiger partial charge in [-0.25, -0.2) is 4.98 Å². The van der Waals surface area contributed by atoms with Crippen LogP contribution in [-0.4, -0.2) is 20.3 Å². The van der Waals surface area contributed by atoms with E-state index in [0.29, 0.717) is 15.9 Å². The highest BCUT2D eigenvalue weighted by Crippen LogP contribution is 2.29. The second-order valence-corrected chi connectivity index (χ2v) is 7.61. The lowest BCUT2D eigenvalue weighted by atomic mass is 10.0. The lowest BCUT2D eigenvalue weighted by molar-refractivity contribution is 0.103. The van der Waals surface area contributed by atoms with Crippen molar-refractivity contribution in [3.8, 4) is 5.75 Å². The molecule has 130 valence electrons. The molecule has 0 unspecified atom stereocenters. The van der Waals surface area contributed by atoms with E-state index >= 15 is 0 Å². The van der Waals surface area contributed by atoms with Crippen molar-refractivity contribution in [2.24, 2.45) is 0 Å². The molecular formula is C19H13ClN2O3S. The van der Waals surface area contributed by atoms with Crippen LogP contribution in [0.15, 0.2) is 41.3 Å². The number of rotatable bonds is 2. The molecule has 26 heavy (non-hydrogen) atoms. The molecule has 1 N–H and O–H groups in total. The Labute approximate surface area is 157 Å². The molecule has 0 fully saturated rings. The van der Waals surface area contributed by atoms with E-state index in [9.17, 15) is 14.7 Å². The molecule has 0 aliphatic rings. The number of aryl methyl sites for hydroxylation is 2. The number of phenolic OH excluding ortho intramolecular Hbond substituents is 1. The van der Waals surface area contributed by atoms with Crippen molar-refractivity contribution in [1.82, 2.24) is 9.38 Å². The summed E-state index contributed by atoms with van der Waals surface area (Å²) in [5.41, 5.74) is 1.27. The maximum absolute atomic E-state index is 13.0. The molecule has 3 aromatic heterocycles. The van der Waals surface area contributed by atoms with Gasteiger partial charge in [-0.1, -0.05) is 23.7 Å². The number of phenols is 1. The van der Waals surface area contributed by atoms with Gasteiger partial charge in [0.1, 0.15) is 10.6 Å². The van der Waals surface area contributed by atoms with Crippen molar-refractivity contribution < 1.29 is 9.90 Å². The van der Waals surface area contributed by atoms with Gasteiger partial charge in [0.25, 0.3) is 5.56 Å². The average Bonchev–Trinajstić information content (AvgIpc) is 2.90. The topological polar surface area (TPSA) is 71.7 Å². The highest BCUT2D eigenvalue weighted by atomic mass is 35.5. The van der Waals surface area contributed by atoms with Crippen molar-refractivity contribution in [3.05, 3.63) is 73.5 Å². The number of aromatic nitrogens is 2. The number of hydrogen-bond donors (Lipinski definition) is 1. The van der Waals surface area contributed by atoms with E-state index in [0.717, 1.165) is 10.4 Å². The molecule has 4 aromatic rings. The number of carbonyl (C=O) groups excluding carboxylic acids is 1. The number of pyridine rings is 1. The van der Waals surface area contributed by atoms with Crippen LogP contribution in [0.4, 0.5) is 0 Å². The van der Waals surface area contributed by atoms with Crippen LogP contribution in [0.2, 0.25) is 5.02 Å². The summed E-state index contributed by atoms with van der Waals surface area (Å²) in [6.07, 6.45) is 1.43. The lowest BCUT2D eigenvalue weighted by Gasteiger charge is -2.08. The minimum Gasteiger partial charge on any atom is -0.507 e. The SMILES string of the molecule is Cc1sc2nc3c(Cl)cc(C(=O)c4ccccc4O)cn3c(=O)c2c1C. The number of ketones is 1. The van der Waals surface area contributed by atoms with Gasteiger partial charge < -0.3 is 5.11 Å². The largest absolute Gasteiger partial charge is 0.507 e. The fourth-order valence-corrected chi connectivity index (χ4v) is 4.19. The molecule has 1 aromatic carbocycles. The zero-order valence-electron chi connectivity index (χ0n) is 13.9. The third-order valence-electron chi connectivity index (χ3n) is 4.41. The second kappa shape index (κ2) is 5.93. The number of para-hydroxylation sites is 1. The molecule has 7 heteroatoms. The van der Waals surface area contributed by atoms with Gasteiger partial charge >= 0.3 is 0 Å². The fourth-order valence-electron chi connectivity index (χ4n) is 2.92. The third-order valence-corrected chi connectivity index (χ3v) is 5.79. The molecule has 3 heterocycles. The van der Waals surface area contributed by atoms with E-state index in [1.165, 1.54) is 40.1 Å². The molecular weight excluding hydrogens is 372 g/mol. The van der Waals surface area contributed by atoms with Gasteiger partial charge in [0, 0.05) is 16.6 Å². The van der Waals surface area contributed by atoms with E-state index in [2.05, 4.69) is 4.98 Å². The third kappa shape index (κ3) is 2.41. The van der Waals surface area contributed by atoms with Gasteiger partial charge in [0.2, 0.25) is 0 Å². The Hall–Kier alpha value is -2.70. The monoisotopic (exact) mass is 384 g/mol. The highest BCUT2D eigenvalue weighted by Gasteiger charge is 2.19. The van der Waals surface area contributed by atoms with Gasteiger partial charge in [-0.05, 0) is 37.6 Å². The van der Waals surface area contributed by atoms with Crippen LogP contribution >= 0.6 is 22.9 Å². The average molecular weight is 385 g/mol. The van der Waals surface area contributed by atoms with Crippen LogP contribution in [0, 0.1) is 13.8 Å². The first-order valence-corrected chi connectivity index (χ1v) is 9.02. The Bertz CT molecular complexity index is 1270. The summed E-state index contributed by atoms with van der Waals surface area (Å²) in [4.78, 5) is 31.9. The van der Waals surface area contributed by atoms with E-state index < -0.39 is 5.78 Å². The molecule has 0 atom stereocenters. The number of nitrogens with zero attached hydrogens (tertiary/aromatic N) is 2. The molecule has 0 spiro atoms. The van der Waals surface area contributed by atoms with Crippen molar-refractivity contribution in [3.63, 3.8) is 0 Å². The zero-order chi connectivity index (χ0) is 18.6. The summed E-state index contributed by atoms with van der Waals surface area (Å²) in [7, 11) is 0. The number of benzene rings is 1. The number of halogens is 1. The lowest BCUT2D eigenvalue weighted by Crippen LogP contribution is -2.17. The number of carbonyl (C=O) groups is 1.